The van der Waals surface area contributed by atoms with Gasteiger partial charge in [-0.2, -0.15) is 0 Å². The van der Waals surface area contributed by atoms with Crippen LogP contribution in [0.2, 0.25) is 0 Å². The van der Waals surface area contributed by atoms with Gasteiger partial charge in [0.1, 0.15) is 5.75 Å². The molecule has 1 saturated heterocycles. The van der Waals surface area contributed by atoms with Crippen LogP contribution in [-0.4, -0.2) is 43.1 Å². The van der Waals surface area contributed by atoms with E-state index in [0.29, 0.717) is 18.7 Å². The number of urea groups is 1. The highest BCUT2D eigenvalue weighted by Crippen LogP contribution is 2.27. The van der Waals surface area contributed by atoms with E-state index in [1.54, 1.807) is 7.11 Å². The van der Waals surface area contributed by atoms with Gasteiger partial charge in [0.2, 0.25) is 0 Å². The lowest BCUT2D eigenvalue weighted by Gasteiger charge is -2.33. The van der Waals surface area contributed by atoms with Gasteiger partial charge in [-0.1, -0.05) is 24.3 Å². The van der Waals surface area contributed by atoms with Crippen LogP contribution in [0.5, 0.6) is 5.75 Å². The number of hydrogen-bond donors (Lipinski definition) is 2. The molecule has 2 aromatic carbocycles. The average molecular weight is 410 g/mol. The van der Waals surface area contributed by atoms with Crippen LogP contribution in [0.1, 0.15) is 54.1 Å². The maximum Gasteiger partial charge on any atom is 0.317 e. The fraction of sp³-hybridized carbons (Fsp3) is 0.417. The van der Waals surface area contributed by atoms with Crippen molar-refractivity contribution in [1.82, 2.24) is 15.5 Å². The minimum Gasteiger partial charge on any atom is -0.497 e. The van der Waals surface area contributed by atoms with Gasteiger partial charge in [0, 0.05) is 37.2 Å². The minimum absolute atomic E-state index is 0.0110. The van der Waals surface area contributed by atoms with E-state index >= 15 is 0 Å². The zero-order valence-electron chi connectivity index (χ0n) is 18.0. The second-order valence-electron chi connectivity index (χ2n) is 8.05. The normalized spacial score (nSPS) is 16.3. The number of carbonyl (C=O) groups excluding carboxylic acids is 2. The highest BCUT2D eigenvalue weighted by Gasteiger charge is 2.25. The van der Waals surface area contributed by atoms with E-state index in [2.05, 4.69) is 16.7 Å². The number of piperidine rings is 1. The SMILES string of the molecule is COc1ccc(CNC(=O)c2cccc(C3CCCN(C(=O)NC(C)C)C3)c2)cc1. The third-order valence-electron chi connectivity index (χ3n) is 5.35. The number of nitrogens with one attached hydrogen (secondary N) is 2. The molecule has 30 heavy (non-hydrogen) atoms. The summed E-state index contributed by atoms with van der Waals surface area (Å²) in [6, 6.07) is 15.5. The van der Waals surface area contributed by atoms with Gasteiger partial charge >= 0.3 is 6.03 Å². The summed E-state index contributed by atoms with van der Waals surface area (Å²) in [5, 5.41) is 5.95. The number of hydrogen-bond acceptors (Lipinski definition) is 3. The van der Waals surface area contributed by atoms with E-state index in [1.807, 2.05) is 61.2 Å². The lowest BCUT2D eigenvalue weighted by atomic mass is 9.89. The number of ether oxygens (including phenoxy) is 1. The molecule has 0 bridgehead atoms. The second kappa shape index (κ2) is 10.1. The van der Waals surface area contributed by atoms with Gasteiger partial charge < -0.3 is 20.3 Å². The highest BCUT2D eigenvalue weighted by molar-refractivity contribution is 5.94. The maximum absolute atomic E-state index is 12.7. The van der Waals surface area contributed by atoms with Gasteiger partial charge in [0.15, 0.2) is 0 Å². The Morgan fingerprint density at radius 2 is 1.93 bits per heavy atom. The van der Waals surface area contributed by atoms with E-state index in [9.17, 15) is 9.59 Å². The van der Waals surface area contributed by atoms with Crippen molar-refractivity contribution in [3.63, 3.8) is 0 Å². The van der Waals surface area contributed by atoms with Gasteiger partial charge in [-0.25, -0.2) is 4.79 Å². The summed E-state index contributed by atoms with van der Waals surface area (Å²) in [6.45, 7) is 5.84. The third kappa shape index (κ3) is 5.75. The lowest BCUT2D eigenvalue weighted by molar-refractivity contribution is 0.0950. The van der Waals surface area contributed by atoms with Gasteiger partial charge in [0.05, 0.1) is 7.11 Å². The molecule has 6 nitrogen and oxygen atoms in total. The summed E-state index contributed by atoms with van der Waals surface area (Å²) in [7, 11) is 1.63. The Hall–Kier alpha value is -3.02. The molecule has 2 N–H and O–H groups in total. The fourth-order valence-electron chi connectivity index (χ4n) is 3.73. The number of likely N-dealkylation sites (tertiary alicyclic amines) is 1. The molecule has 1 atom stereocenters. The number of benzene rings is 2. The molecule has 0 spiro atoms. The number of amides is 3. The first-order chi connectivity index (χ1) is 14.5. The molecule has 6 heteroatoms. The van der Waals surface area contributed by atoms with Crippen molar-refractivity contribution in [2.24, 2.45) is 0 Å². The van der Waals surface area contributed by atoms with Crippen LogP contribution < -0.4 is 15.4 Å². The Bertz CT molecular complexity index is 864. The van der Waals surface area contributed by atoms with Crippen molar-refractivity contribution in [1.29, 1.82) is 0 Å². The van der Waals surface area contributed by atoms with Gasteiger partial charge in [-0.05, 0) is 62.1 Å². The van der Waals surface area contributed by atoms with Crippen LogP contribution in [0.25, 0.3) is 0 Å². The van der Waals surface area contributed by atoms with Crippen molar-refractivity contribution in [3.05, 3.63) is 65.2 Å². The topological polar surface area (TPSA) is 70.7 Å². The van der Waals surface area contributed by atoms with Crippen LogP contribution in [0.3, 0.4) is 0 Å². The number of rotatable bonds is 6. The summed E-state index contributed by atoms with van der Waals surface area (Å²) >= 11 is 0. The highest BCUT2D eigenvalue weighted by atomic mass is 16.5. The summed E-state index contributed by atoms with van der Waals surface area (Å²) in [5.41, 5.74) is 2.76. The van der Waals surface area contributed by atoms with Crippen LogP contribution in [0, 0.1) is 0 Å². The Labute approximate surface area is 178 Å². The number of nitrogens with zero attached hydrogens (tertiary/aromatic N) is 1. The molecule has 1 aliphatic rings. The molecular formula is C24H31N3O3. The first-order valence-electron chi connectivity index (χ1n) is 10.5. The summed E-state index contributed by atoms with van der Waals surface area (Å²) in [5.74, 6) is 0.935. The number of methoxy groups -OCH3 is 1. The van der Waals surface area contributed by atoms with Crippen LogP contribution in [0.15, 0.2) is 48.5 Å². The van der Waals surface area contributed by atoms with Crippen molar-refractivity contribution < 1.29 is 14.3 Å². The first-order valence-corrected chi connectivity index (χ1v) is 10.5. The molecule has 1 fully saturated rings. The predicted molar refractivity (Wildman–Crippen MR) is 118 cm³/mol. The van der Waals surface area contributed by atoms with Crippen LogP contribution in [-0.2, 0) is 6.54 Å². The molecule has 0 aliphatic carbocycles. The quantitative estimate of drug-likeness (QED) is 0.760. The van der Waals surface area contributed by atoms with Gasteiger partial charge in [0.25, 0.3) is 5.91 Å². The third-order valence-corrected chi connectivity index (χ3v) is 5.35. The molecule has 0 saturated carbocycles. The smallest absolute Gasteiger partial charge is 0.317 e. The van der Waals surface area contributed by atoms with Crippen molar-refractivity contribution in [2.45, 2.75) is 45.2 Å². The van der Waals surface area contributed by atoms with Crippen molar-refractivity contribution in [2.75, 3.05) is 20.2 Å². The van der Waals surface area contributed by atoms with Crippen molar-refractivity contribution in [3.8, 4) is 5.75 Å². The van der Waals surface area contributed by atoms with E-state index in [0.717, 1.165) is 36.3 Å². The van der Waals surface area contributed by atoms with E-state index in [4.69, 9.17) is 4.74 Å². The Balaban J connectivity index is 1.61. The second-order valence-corrected chi connectivity index (χ2v) is 8.05. The number of carbonyl (C=O) groups is 2. The molecular weight excluding hydrogens is 378 g/mol. The maximum atomic E-state index is 12.7. The molecule has 1 unspecified atom stereocenters. The van der Waals surface area contributed by atoms with Crippen LogP contribution >= 0.6 is 0 Å². The summed E-state index contributed by atoms with van der Waals surface area (Å²) < 4.78 is 5.16. The Morgan fingerprint density at radius 1 is 1.17 bits per heavy atom. The van der Waals surface area contributed by atoms with E-state index < -0.39 is 0 Å². The standard InChI is InChI=1S/C24H31N3O3/c1-17(2)26-24(29)27-13-5-8-21(16-27)19-6-4-7-20(14-19)23(28)25-15-18-9-11-22(30-3)12-10-18/h4,6-7,9-12,14,17,21H,5,8,13,15-16H2,1-3H3,(H,25,28)(H,26,29). The first kappa shape index (κ1) is 21.7. The summed E-state index contributed by atoms with van der Waals surface area (Å²) in [4.78, 5) is 26.9. The fourth-order valence-corrected chi connectivity index (χ4v) is 3.73. The Kier molecular flexibility index (Phi) is 7.33. The molecule has 3 rings (SSSR count). The van der Waals surface area contributed by atoms with E-state index in [-0.39, 0.29) is 23.9 Å². The molecule has 3 amide bonds. The average Bonchev–Trinajstić information content (AvgIpc) is 2.77. The minimum atomic E-state index is -0.0992. The zero-order valence-corrected chi connectivity index (χ0v) is 18.0. The van der Waals surface area contributed by atoms with Gasteiger partial charge in [-0.15, -0.1) is 0 Å². The lowest BCUT2D eigenvalue weighted by Crippen LogP contribution is -2.47. The van der Waals surface area contributed by atoms with E-state index in [1.165, 1.54) is 0 Å². The van der Waals surface area contributed by atoms with Gasteiger partial charge in [-0.3, -0.25) is 4.79 Å². The molecule has 160 valence electrons. The van der Waals surface area contributed by atoms with Crippen molar-refractivity contribution >= 4 is 11.9 Å². The zero-order chi connectivity index (χ0) is 21.5. The molecule has 2 aromatic rings. The summed E-state index contributed by atoms with van der Waals surface area (Å²) in [6.07, 6.45) is 1.98. The molecule has 1 aliphatic heterocycles. The predicted octanol–water partition coefficient (Wildman–Crippen LogP) is 3.92. The Morgan fingerprint density at radius 3 is 2.63 bits per heavy atom. The molecule has 1 heterocycles. The monoisotopic (exact) mass is 409 g/mol. The molecule has 0 radical (unpaired) electrons. The largest absolute Gasteiger partial charge is 0.497 e. The molecule has 0 aromatic heterocycles. The van der Waals surface area contributed by atoms with Crippen LogP contribution in [0.4, 0.5) is 4.79 Å².